The van der Waals surface area contributed by atoms with Crippen molar-refractivity contribution in [1.29, 1.82) is 0 Å². The van der Waals surface area contributed by atoms with Crippen LogP contribution in [-0.4, -0.2) is 44.2 Å². The molecule has 0 aliphatic rings. The zero-order valence-corrected chi connectivity index (χ0v) is 13.6. The van der Waals surface area contributed by atoms with Crippen molar-refractivity contribution in [2.75, 3.05) is 19.6 Å². The van der Waals surface area contributed by atoms with Crippen LogP contribution in [0.4, 0.5) is 0 Å². The molecule has 2 rings (SSSR count). The third-order valence-corrected chi connectivity index (χ3v) is 3.63. The number of nitrogens with zero attached hydrogens (tertiary/aromatic N) is 4. The van der Waals surface area contributed by atoms with E-state index in [1.54, 1.807) is 7.05 Å². The lowest BCUT2D eigenvalue weighted by Crippen LogP contribution is -2.38. The van der Waals surface area contributed by atoms with E-state index < -0.39 is 11.2 Å². The summed E-state index contributed by atoms with van der Waals surface area (Å²) in [5, 5.41) is 5.97. The fourth-order valence-electron chi connectivity index (χ4n) is 2.35. The Morgan fingerprint density at radius 2 is 1.96 bits per heavy atom. The average Bonchev–Trinajstić information content (AvgIpc) is 2.94. The molecule has 1 amide bonds. The van der Waals surface area contributed by atoms with Crippen LogP contribution in [0.2, 0.25) is 0 Å². The quantitative estimate of drug-likeness (QED) is 0.607. The van der Waals surface area contributed by atoms with Gasteiger partial charge in [0.05, 0.1) is 6.33 Å². The van der Waals surface area contributed by atoms with Gasteiger partial charge in [0.1, 0.15) is 6.54 Å². The van der Waals surface area contributed by atoms with Gasteiger partial charge in [-0.1, -0.05) is 6.92 Å². The summed E-state index contributed by atoms with van der Waals surface area (Å²) in [5.41, 5.74) is -0.378. The highest BCUT2D eigenvalue weighted by Crippen LogP contribution is 2.04. The Labute approximate surface area is 132 Å². The number of hydrogen-bond acceptors (Lipinski definition) is 5. The van der Waals surface area contributed by atoms with Crippen LogP contribution < -0.4 is 21.9 Å². The van der Waals surface area contributed by atoms with E-state index >= 15 is 0 Å². The Hall–Kier alpha value is -2.42. The molecular formula is C14H22N6O3. The molecule has 0 atom stereocenters. The second-order valence-corrected chi connectivity index (χ2v) is 5.31. The van der Waals surface area contributed by atoms with E-state index in [4.69, 9.17) is 0 Å². The van der Waals surface area contributed by atoms with Crippen LogP contribution in [0.1, 0.15) is 13.3 Å². The molecule has 9 nitrogen and oxygen atoms in total. The molecule has 0 aromatic carbocycles. The molecule has 9 heteroatoms. The molecule has 0 fully saturated rings. The van der Waals surface area contributed by atoms with Crippen LogP contribution in [-0.2, 0) is 25.4 Å². The number of fused-ring (bicyclic) bond motifs is 1. The Morgan fingerprint density at radius 1 is 1.22 bits per heavy atom. The van der Waals surface area contributed by atoms with E-state index in [1.165, 1.54) is 22.5 Å². The van der Waals surface area contributed by atoms with Crippen LogP contribution in [0.15, 0.2) is 15.9 Å². The van der Waals surface area contributed by atoms with Crippen LogP contribution >= 0.6 is 0 Å². The zero-order chi connectivity index (χ0) is 17.0. The van der Waals surface area contributed by atoms with E-state index in [9.17, 15) is 14.4 Å². The van der Waals surface area contributed by atoms with Gasteiger partial charge < -0.3 is 15.2 Å². The normalized spacial score (nSPS) is 11.1. The highest BCUT2D eigenvalue weighted by Gasteiger charge is 2.15. The molecule has 0 aliphatic carbocycles. The molecule has 0 bridgehead atoms. The smallest absolute Gasteiger partial charge is 0.332 e. The van der Waals surface area contributed by atoms with E-state index in [2.05, 4.69) is 15.6 Å². The van der Waals surface area contributed by atoms with Gasteiger partial charge in [-0.15, -0.1) is 0 Å². The van der Waals surface area contributed by atoms with Crippen molar-refractivity contribution in [2.45, 2.75) is 19.9 Å². The highest BCUT2D eigenvalue weighted by molar-refractivity contribution is 5.78. The minimum atomic E-state index is -0.458. The maximum Gasteiger partial charge on any atom is 0.332 e. The molecule has 0 radical (unpaired) electrons. The first-order valence-corrected chi connectivity index (χ1v) is 7.55. The maximum absolute atomic E-state index is 12.2. The fraction of sp³-hybridized carbons (Fsp3) is 0.571. The summed E-state index contributed by atoms with van der Waals surface area (Å²) in [5.74, 6) is -0.197. The number of rotatable bonds is 7. The summed E-state index contributed by atoms with van der Waals surface area (Å²) < 4.78 is 3.77. The predicted molar refractivity (Wildman–Crippen MR) is 86.4 cm³/mol. The van der Waals surface area contributed by atoms with Crippen molar-refractivity contribution in [2.24, 2.45) is 14.1 Å². The van der Waals surface area contributed by atoms with Gasteiger partial charge in [0.15, 0.2) is 11.2 Å². The summed E-state index contributed by atoms with van der Waals surface area (Å²) in [6, 6.07) is 0. The van der Waals surface area contributed by atoms with Gasteiger partial charge in [0.25, 0.3) is 5.56 Å². The largest absolute Gasteiger partial charge is 0.355 e. The zero-order valence-electron chi connectivity index (χ0n) is 13.6. The predicted octanol–water partition coefficient (Wildman–Crippen LogP) is -1.45. The van der Waals surface area contributed by atoms with Gasteiger partial charge in [-0.3, -0.25) is 18.7 Å². The van der Waals surface area contributed by atoms with E-state index in [0.717, 1.165) is 24.1 Å². The first-order valence-electron chi connectivity index (χ1n) is 7.55. The molecule has 0 saturated carbocycles. The minimum Gasteiger partial charge on any atom is -0.355 e. The number of aromatic nitrogens is 4. The third kappa shape index (κ3) is 3.50. The first-order chi connectivity index (χ1) is 11.0. The molecular weight excluding hydrogens is 300 g/mol. The fourth-order valence-corrected chi connectivity index (χ4v) is 2.35. The van der Waals surface area contributed by atoms with Crippen LogP contribution in [0.25, 0.3) is 11.2 Å². The molecule has 2 heterocycles. The Balaban J connectivity index is 2.14. The van der Waals surface area contributed by atoms with Crippen LogP contribution in [0, 0.1) is 0 Å². The van der Waals surface area contributed by atoms with Crippen molar-refractivity contribution >= 4 is 17.1 Å². The van der Waals surface area contributed by atoms with Crippen LogP contribution in [0.5, 0.6) is 0 Å². The molecule has 126 valence electrons. The summed E-state index contributed by atoms with van der Waals surface area (Å²) in [4.78, 5) is 40.2. The van der Waals surface area contributed by atoms with Crippen molar-refractivity contribution in [3.05, 3.63) is 27.2 Å². The SMILES string of the molecule is CCNCCCNC(=O)Cn1cnc2c1c(=O)n(C)c(=O)n2C. The molecule has 2 aromatic rings. The molecule has 2 N–H and O–H groups in total. The topological polar surface area (TPSA) is 103 Å². The lowest BCUT2D eigenvalue weighted by Gasteiger charge is -2.08. The Morgan fingerprint density at radius 3 is 2.65 bits per heavy atom. The maximum atomic E-state index is 12.2. The molecule has 2 aromatic heterocycles. The Bertz CT molecular complexity index is 816. The molecule has 0 saturated heterocycles. The van der Waals surface area contributed by atoms with E-state index in [-0.39, 0.29) is 23.6 Å². The number of amides is 1. The monoisotopic (exact) mass is 322 g/mol. The van der Waals surface area contributed by atoms with Crippen molar-refractivity contribution in [3.8, 4) is 0 Å². The lowest BCUT2D eigenvalue weighted by molar-refractivity contribution is -0.121. The highest BCUT2D eigenvalue weighted by atomic mass is 16.2. The average molecular weight is 322 g/mol. The molecule has 23 heavy (non-hydrogen) atoms. The minimum absolute atomic E-state index is 0.00878. The Kier molecular flexibility index (Phi) is 5.32. The van der Waals surface area contributed by atoms with Gasteiger partial charge in [-0.25, -0.2) is 9.78 Å². The second-order valence-electron chi connectivity index (χ2n) is 5.31. The van der Waals surface area contributed by atoms with Gasteiger partial charge >= 0.3 is 5.69 Å². The summed E-state index contributed by atoms with van der Waals surface area (Å²) >= 11 is 0. The molecule has 0 spiro atoms. The number of nitrogens with one attached hydrogen (secondary N) is 2. The lowest BCUT2D eigenvalue weighted by atomic mass is 10.4. The summed E-state index contributed by atoms with van der Waals surface area (Å²) in [6.45, 7) is 4.32. The van der Waals surface area contributed by atoms with E-state index in [1.807, 2.05) is 6.92 Å². The molecule has 0 aliphatic heterocycles. The summed E-state index contributed by atoms with van der Waals surface area (Å²) in [7, 11) is 2.95. The van der Waals surface area contributed by atoms with Gasteiger partial charge in [-0.05, 0) is 19.5 Å². The van der Waals surface area contributed by atoms with Crippen LogP contribution in [0.3, 0.4) is 0 Å². The number of carbonyl (C=O) groups is 1. The third-order valence-electron chi connectivity index (χ3n) is 3.63. The number of aryl methyl sites for hydroxylation is 1. The van der Waals surface area contributed by atoms with Gasteiger partial charge in [-0.2, -0.15) is 0 Å². The second kappa shape index (κ2) is 7.23. The number of imidazole rings is 1. The van der Waals surface area contributed by atoms with E-state index in [0.29, 0.717) is 6.54 Å². The number of carbonyl (C=O) groups excluding carboxylic acids is 1. The standard InChI is InChI=1S/C14H22N6O3/c1-4-15-6-5-7-16-10(21)8-20-9-17-12-11(20)13(22)19(3)14(23)18(12)2/h9,15H,4-8H2,1-3H3,(H,16,21). The summed E-state index contributed by atoms with van der Waals surface area (Å²) in [6.07, 6.45) is 2.24. The molecule has 0 unspecified atom stereocenters. The van der Waals surface area contributed by atoms with Gasteiger partial charge in [0.2, 0.25) is 5.91 Å². The van der Waals surface area contributed by atoms with Crippen molar-refractivity contribution in [3.63, 3.8) is 0 Å². The number of hydrogen-bond donors (Lipinski definition) is 2. The van der Waals surface area contributed by atoms with Crippen molar-refractivity contribution in [1.82, 2.24) is 29.3 Å². The van der Waals surface area contributed by atoms with Crippen molar-refractivity contribution < 1.29 is 4.79 Å². The van der Waals surface area contributed by atoms with Gasteiger partial charge in [0, 0.05) is 20.6 Å². The first kappa shape index (κ1) is 16.9.